The molecule has 0 aromatic carbocycles. The maximum absolute atomic E-state index is 5.85. The first-order valence-corrected chi connectivity index (χ1v) is 7.83. The Balaban J connectivity index is 1.71. The predicted molar refractivity (Wildman–Crippen MR) is 79.7 cm³/mol. The summed E-state index contributed by atoms with van der Waals surface area (Å²) in [6.45, 7) is 5.42. The van der Waals surface area contributed by atoms with Crippen molar-refractivity contribution in [3.63, 3.8) is 0 Å². The van der Waals surface area contributed by atoms with Gasteiger partial charge in [-0.15, -0.1) is 0 Å². The van der Waals surface area contributed by atoms with Crippen molar-refractivity contribution in [2.45, 2.75) is 57.8 Å². The molecule has 2 aliphatic heterocycles. The average molecular weight is 293 g/mol. The van der Waals surface area contributed by atoms with E-state index in [-0.39, 0.29) is 6.10 Å². The number of hydrogen-bond acceptors (Lipinski definition) is 7. The fourth-order valence-corrected chi connectivity index (χ4v) is 2.87. The first-order valence-electron chi connectivity index (χ1n) is 7.83. The third kappa shape index (κ3) is 3.34. The van der Waals surface area contributed by atoms with E-state index in [0.717, 1.165) is 25.8 Å². The Bertz CT molecular complexity index is 484. The first kappa shape index (κ1) is 14.3. The van der Waals surface area contributed by atoms with E-state index in [1.165, 1.54) is 6.42 Å². The molecule has 21 heavy (non-hydrogen) atoms. The second-order valence-electron chi connectivity index (χ2n) is 5.50. The van der Waals surface area contributed by atoms with Crippen LogP contribution in [0.5, 0.6) is 6.01 Å². The van der Waals surface area contributed by atoms with Gasteiger partial charge in [-0.2, -0.15) is 15.0 Å². The van der Waals surface area contributed by atoms with Crippen molar-refractivity contribution in [3.8, 4) is 6.01 Å². The van der Waals surface area contributed by atoms with Crippen LogP contribution >= 0.6 is 0 Å². The second-order valence-corrected chi connectivity index (χ2v) is 5.50. The minimum Gasteiger partial charge on any atom is -0.463 e. The average Bonchev–Trinajstić information content (AvgIpc) is 3.08. The zero-order valence-electron chi connectivity index (χ0n) is 12.6. The fourth-order valence-electron chi connectivity index (χ4n) is 2.87. The van der Waals surface area contributed by atoms with E-state index in [9.17, 15) is 0 Å². The molecule has 2 bridgehead atoms. The van der Waals surface area contributed by atoms with Crippen molar-refractivity contribution in [1.82, 2.24) is 15.0 Å². The van der Waals surface area contributed by atoms with Crippen molar-refractivity contribution in [2.24, 2.45) is 0 Å². The summed E-state index contributed by atoms with van der Waals surface area (Å²) in [5.41, 5.74) is 0. The molecule has 2 fully saturated rings. The van der Waals surface area contributed by atoms with Crippen LogP contribution in [-0.2, 0) is 4.74 Å². The summed E-state index contributed by atoms with van der Waals surface area (Å²) in [5.74, 6) is 1.11. The van der Waals surface area contributed by atoms with E-state index in [1.807, 2.05) is 6.92 Å². The van der Waals surface area contributed by atoms with Gasteiger partial charge in [-0.25, -0.2) is 0 Å². The zero-order chi connectivity index (χ0) is 14.7. The molecule has 2 N–H and O–H groups in total. The molecule has 0 amide bonds. The van der Waals surface area contributed by atoms with E-state index in [2.05, 4.69) is 32.5 Å². The molecule has 1 aromatic heterocycles. The lowest BCUT2D eigenvalue weighted by atomic mass is 9.96. The van der Waals surface area contributed by atoms with Gasteiger partial charge in [-0.3, -0.25) is 0 Å². The number of hydrogen-bond donors (Lipinski definition) is 2. The summed E-state index contributed by atoms with van der Waals surface area (Å²) in [7, 11) is 0. The monoisotopic (exact) mass is 293 g/mol. The van der Waals surface area contributed by atoms with Gasteiger partial charge < -0.3 is 20.1 Å². The summed E-state index contributed by atoms with van der Waals surface area (Å²) in [5, 5.41) is 6.49. The van der Waals surface area contributed by atoms with Crippen LogP contribution in [0.25, 0.3) is 0 Å². The van der Waals surface area contributed by atoms with E-state index in [1.54, 1.807) is 0 Å². The molecular weight excluding hydrogens is 270 g/mol. The number of nitrogens with zero attached hydrogens (tertiary/aromatic N) is 3. The van der Waals surface area contributed by atoms with Gasteiger partial charge in [0, 0.05) is 6.54 Å². The minimum atomic E-state index is 0.286. The number of anilines is 2. The predicted octanol–water partition coefficient (Wildman–Crippen LogP) is 1.82. The molecule has 7 nitrogen and oxygen atoms in total. The highest BCUT2D eigenvalue weighted by molar-refractivity contribution is 5.37. The van der Waals surface area contributed by atoms with Gasteiger partial charge in [-0.05, 0) is 32.6 Å². The quantitative estimate of drug-likeness (QED) is 0.793. The molecule has 7 heteroatoms. The van der Waals surface area contributed by atoms with Gasteiger partial charge in [-0.1, -0.05) is 6.92 Å². The highest BCUT2D eigenvalue weighted by atomic mass is 16.5. The third-order valence-corrected chi connectivity index (χ3v) is 3.81. The maximum Gasteiger partial charge on any atom is 0.323 e. The van der Waals surface area contributed by atoms with Crippen LogP contribution in [0.1, 0.15) is 39.5 Å². The summed E-state index contributed by atoms with van der Waals surface area (Å²) >= 11 is 0. The van der Waals surface area contributed by atoms with E-state index >= 15 is 0 Å². The Kier molecular flexibility index (Phi) is 4.38. The topological polar surface area (TPSA) is 81.2 Å². The molecule has 1 aromatic rings. The van der Waals surface area contributed by atoms with Crippen LogP contribution < -0.4 is 15.4 Å². The summed E-state index contributed by atoms with van der Waals surface area (Å²) in [4.78, 5) is 13.0. The van der Waals surface area contributed by atoms with Crippen molar-refractivity contribution in [1.29, 1.82) is 0 Å². The molecule has 116 valence electrons. The highest BCUT2D eigenvalue weighted by Gasteiger charge is 2.41. The normalized spacial score (nSPS) is 26.9. The van der Waals surface area contributed by atoms with Crippen LogP contribution in [0, 0.1) is 0 Å². The van der Waals surface area contributed by atoms with Crippen LogP contribution in [0.2, 0.25) is 0 Å². The third-order valence-electron chi connectivity index (χ3n) is 3.81. The van der Waals surface area contributed by atoms with Crippen molar-refractivity contribution >= 4 is 11.9 Å². The highest BCUT2D eigenvalue weighted by Crippen LogP contribution is 2.35. The molecule has 3 rings (SSSR count). The van der Waals surface area contributed by atoms with Gasteiger partial charge in [0.15, 0.2) is 0 Å². The number of ether oxygens (including phenoxy) is 2. The van der Waals surface area contributed by atoms with E-state index in [4.69, 9.17) is 9.47 Å². The van der Waals surface area contributed by atoms with E-state index in [0.29, 0.717) is 36.7 Å². The fraction of sp³-hybridized carbons (Fsp3) is 0.786. The first-order chi connectivity index (χ1) is 10.3. The molecule has 2 aliphatic rings. The molecular formula is C14H23N5O2. The summed E-state index contributed by atoms with van der Waals surface area (Å²) in [6.07, 6.45) is 4.93. The molecule has 3 unspecified atom stereocenters. The van der Waals surface area contributed by atoms with Gasteiger partial charge in [0.25, 0.3) is 0 Å². The smallest absolute Gasteiger partial charge is 0.323 e. The molecule has 3 heterocycles. The second kappa shape index (κ2) is 6.43. The SMILES string of the molecule is CCCOc1nc(NCC)nc(NC2CC3CCC2O3)n1. The Labute approximate surface area is 124 Å². The standard InChI is InChI=1S/C14H23N5O2/c1-3-7-20-14-18-12(15-4-2)17-13(19-14)16-10-8-9-5-6-11(10)21-9/h9-11H,3-8H2,1-2H3,(H2,15,16,17,18,19). The molecule has 0 spiro atoms. The van der Waals surface area contributed by atoms with Crippen LogP contribution in [0.4, 0.5) is 11.9 Å². The molecule has 2 saturated heterocycles. The number of fused-ring (bicyclic) bond motifs is 2. The van der Waals surface area contributed by atoms with Crippen LogP contribution in [0.3, 0.4) is 0 Å². The zero-order valence-corrected chi connectivity index (χ0v) is 12.6. The molecule has 0 radical (unpaired) electrons. The van der Waals surface area contributed by atoms with Crippen molar-refractivity contribution in [3.05, 3.63) is 0 Å². The number of aromatic nitrogens is 3. The maximum atomic E-state index is 5.85. The number of nitrogens with one attached hydrogen (secondary N) is 2. The van der Waals surface area contributed by atoms with Crippen LogP contribution in [-0.4, -0.2) is 46.4 Å². The number of rotatable bonds is 7. The summed E-state index contributed by atoms with van der Waals surface area (Å²) in [6, 6.07) is 0.661. The van der Waals surface area contributed by atoms with E-state index < -0.39 is 0 Å². The van der Waals surface area contributed by atoms with Gasteiger partial charge in [0.1, 0.15) is 0 Å². The lowest BCUT2D eigenvalue weighted by molar-refractivity contribution is 0.102. The largest absolute Gasteiger partial charge is 0.463 e. The summed E-state index contributed by atoms with van der Waals surface area (Å²) < 4.78 is 11.4. The lowest BCUT2D eigenvalue weighted by Crippen LogP contribution is -2.31. The van der Waals surface area contributed by atoms with Gasteiger partial charge in [0.05, 0.1) is 24.9 Å². The molecule has 0 aliphatic carbocycles. The van der Waals surface area contributed by atoms with Crippen LogP contribution in [0.15, 0.2) is 0 Å². The Morgan fingerprint density at radius 1 is 1.19 bits per heavy atom. The van der Waals surface area contributed by atoms with Crippen molar-refractivity contribution in [2.75, 3.05) is 23.8 Å². The Morgan fingerprint density at radius 3 is 2.71 bits per heavy atom. The Morgan fingerprint density at radius 2 is 2.05 bits per heavy atom. The molecule has 3 atom stereocenters. The van der Waals surface area contributed by atoms with Gasteiger partial charge >= 0.3 is 6.01 Å². The minimum absolute atomic E-state index is 0.286. The lowest BCUT2D eigenvalue weighted by Gasteiger charge is -2.20. The van der Waals surface area contributed by atoms with Crippen molar-refractivity contribution < 1.29 is 9.47 Å². The van der Waals surface area contributed by atoms with Gasteiger partial charge in [0.2, 0.25) is 11.9 Å². The molecule has 0 saturated carbocycles. The Hall–Kier alpha value is -1.63.